The van der Waals surface area contributed by atoms with Gasteiger partial charge in [-0.15, -0.1) is 10.2 Å². The molecule has 2 aromatic carbocycles. The number of nitrogens with zero attached hydrogens (tertiary/aromatic N) is 4. The number of amides is 1. The van der Waals surface area contributed by atoms with Gasteiger partial charge in [0.15, 0.2) is 11.0 Å². The Bertz CT molecular complexity index is 940. The van der Waals surface area contributed by atoms with Crippen molar-refractivity contribution < 1.29 is 9.53 Å². The molecule has 1 aliphatic heterocycles. The summed E-state index contributed by atoms with van der Waals surface area (Å²) in [5.41, 5.74) is 1.99. The van der Waals surface area contributed by atoms with E-state index in [1.807, 2.05) is 65.6 Å². The minimum absolute atomic E-state index is 0.0939. The summed E-state index contributed by atoms with van der Waals surface area (Å²) in [5, 5.41) is 9.24. The zero-order valence-electron chi connectivity index (χ0n) is 16.4. The molecule has 1 aromatic heterocycles. The number of rotatable bonds is 6. The lowest BCUT2D eigenvalue weighted by Crippen LogP contribution is -2.42. The second-order valence-corrected chi connectivity index (χ2v) is 7.83. The van der Waals surface area contributed by atoms with Crippen molar-refractivity contribution in [2.24, 2.45) is 0 Å². The Labute approximate surface area is 174 Å². The number of carbonyl (C=O) groups excluding carboxylic acids is 1. The smallest absolute Gasteiger partial charge is 0.240 e. The van der Waals surface area contributed by atoms with Gasteiger partial charge in [0.25, 0.3) is 0 Å². The Hall–Kier alpha value is -2.64. The Kier molecular flexibility index (Phi) is 6.27. The third kappa shape index (κ3) is 4.36. The lowest BCUT2D eigenvalue weighted by Gasteiger charge is -2.30. The molecule has 0 radical (unpaired) electrons. The molecule has 1 atom stereocenters. The largest absolute Gasteiger partial charge is 0.378 e. The van der Waals surface area contributed by atoms with Gasteiger partial charge in [-0.25, -0.2) is 0 Å². The van der Waals surface area contributed by atoms with Crippen molar-refractivity contribution in [1.82, 2.24) is 19.7 Å². The van der Waals surface area contributed by atoms with Crippen LogP contribution in [0.2, 0.25) is 0 Å². The van der Waals surface area contributed by atoms with Crippen molar-refractivity contribution in [1.29, 1.82) is 0 Å². The van der Waals surface area contributed by atoms with Gasteiger partial charge in [0.2, 0.25) is 5.91 Å². The van der Waals surface area contributed by atoms with Gasteiger partial charge < -0.3 is 14.2 Å². The summed E-state index contributed by atoms with van der Waals surface area (Å²) < 4.78 is 7.49. The van der Waals surface area contributed by atoms with Gasteiger partial charge in [-0.1, -0.05) is 72.4 Å². The molecule has 2 heterocycles. The Morgan fingerprint density at radius 1 is 1.03 bits per heavy atom. The van der Waals surface area contributed by atoms with Crippen LogP contribution in [0.1, 0.15) is 17.7 Å². The fourth-order valence-corrected chi connectivity index (χ4v) is 4.59. The van der Waals surface area contributed by atoms with Crippen LogP contribution in [0.15, 0.2) is 65.8 Å². The second kappa shape index (κ2) is 9.24. The van der Waals surface area contributed by atoms with Crippen LogP contribution in [0.3, 0.4) is 0 Å². The molecule has 1 amide bonds. The highest BCUT2D eigenvalue weighted by atomic mass is 32.2. The molecule has 1 saturated heterocycles. The minimum Gasteiger partial charge on any atom is -0.378 e. The number of hydrogen-bond donors (Lipinski definition) is 0. The number of benzene rings is 2. The molecule has 0 unspecified atom stereocenters. The fourth-order valence-electron chi connectivity index (χ4n) is 3.41. The van der Waals surface area contributed by atoms with Gasteiger partial charge >= 0.3 is 0 Å². The number of ether oxygens (including phenoxy) is 1. The highest BCUT2D eigenvalue weighted by molar-refractivity contribution is 8.00. The van der Waals surface area contributed by atoms with Crippen LogP contribution in [0.25, 0.3) is 11.4 Å². The summed E-state index contributed by atoms with van der Waals surface area (Å²) in [7, 11) is 0. The molecule has 1 fully saturated rings. The number of carbonyl (C=O) groups is 1. The maximum absolute atomic E-state index is 13.4. The standard InChI is InChI=1S/C22H24N4O2S/c1-2-26-20(18-11-7-4-8-12-18)23-24-22(26)29-19(17-9-5-3-6-10-17)21(27)25-13-15-28-16-14-25/h3-12,19H,2,13-16H2,1H3/t19-/m0/s1. The Balaban J connectivity index is 1.66. The summed E-state index contributed by atoms with van der Waals surface area (Å²) in [4.78, 5) is 15.3. The molecular formula is C22H24N4O2S. The molecule has 0 N–H and O–H groups in total. The molecule has 1 aliphatic rings. The lowest BCUT2D eigenvalue weighted by atomic mass is 10.1. The predicted octanol–water partition coefficient (Wildman–Crippen LogP) is 3.66. The molecule has 29 heavy (non-hydrogen) atoms. The molecule has 150 valence electrons. The van der Waals surface area contributed by atoms with E-state index in [9.17, 15) is 4.79 Å². The monoisotopic (exact) mass is 408 g/mol. The van der Waals surface area contributed by atoms with Crippen LogP contribution in [0.4, 0.5) is 0 Å². The van der Waals surface area contributed by atoms with Crippen LogP contribution in [0.5, 0.6) is 0 Å². The molecule has 6 nitrogen and oxygen atoms in total. The number of aromatic nitrogens is 3. The highest BCUT2D eigenvalue weighted by Gasteiger charge is 2.30. The lowest BCUT2D eigenvalue weighted by molar-refractivity contribution is -0.134. The van der Waals surface area contributed by atoms with Crippen LogP contribution >= 0.6 is 11.8 Å². The zero-order valence-corrected chi connectivity index (χ0v) is 17.2. The van der Waals surface area contributed by atoms with Crippen molar-refractivity contribution in [3.8, 4) is 11.4 Å². The first-order chi connectivity index (χ1) is 14.3. The first-order valence-electron chi connectivity index (χ1n) is 9.84. The van der Waals surface area contributed by atoms with Crippen molar-refractivity contribution in [2.75, 3.05) is 26.3 Å². The summed E-state index contributed by atoms with van der Waals surface area (Å²) in [6.45, 7) is 5.22. The van der Waals surface area contributed by atoms with E-state index < -0.39 is 0 Å². The van der Waals surface area contributed by atoms with E-state index in [0.717, 1.165) is 28.7 Å². The summed E-state index contributed by atoms with van der Waals surface area (Å²) in [6, 6.07) is 19.9. The van der Waals surface area contributed by atoms with E-state index >= 15 is 0 Å². The van der Waals surface area contributed by atoms with Gasteiger partial charge in [0.05, 0.1) is 13.2 Å². The third-order valence-electron chi connectivity index (χ3n) is 4.94. The Morgan fingerprint density at radius 2 is 1.69 bits per heavy atom. The van der Waals surface area contributed by atoms with Gasteiger partial charge in [-0.05, 0) is 12.5 Å². The van der Waals surface area contributed by atoms with E-state index in [2.05, 4.69) is 21.7 Å². The normalized spacial score (nSPS) is 15.3. The van der Waals surface area contributed by atoms with Crippen LogP contribution in [0, 0.1) is 0 Å². The maximum atomic E-state index is 13.4. The Morgan fingerprint density at radius 3 is 2.34 bits per heavy atom. The summed E-state index contributed by atoms with van der Waals surface area (Å²) in [5.74, 6) is 0.914. The van der Waals surface area contributed by atoms with E-state index in [1.165, 1.54) is 11.8 Å². The molecular weight excluding hydrogens is 384 g/mol. The van der Waals surface area contributed by atoms with Crippen molar-refractivity contribution in [3.63, 3.8) is 0 Å². The summed E-state index contributed by atoms with van der Waals surface area (Å²) >= 11 is 1.47. The van der Waals surface area contributed by atoms with Crippen molar-refractivity contribution in [2.45, 2.75) is 23.9 Å². The quantitative estimate of drug-likeness (QED) is 0.583. The molecule has 0 spiro atoms. The van der Waals surface area contributed by atoms with Crippen molar-refractivity contribution >= 4 is 17.7 Å². The van der Waals surface area contributed by atoms with E-state index in [4.69, 9.17) is 4.74 Å². The number of hydrogen-bond acceptors (Lipinski definition) is 5. The minimum atomic E-state index is -0.368. The maximum Gasteiger partial charge on any atom is 0.240 e. The van der Waals surface area contributed by atoms with Gasteiger partial charge in [0.1, 0.15) is 5.25 Å². The van der Waals surface area contributed by atoms with Crippen LogP contribution in [-0.4, -0.2) is 51.9 Å². The average molecular weight is 409 g/mol. The van der Waals surface area contributed by atoms with E-state index in [0.29, 0.717) is 26.3 Å². The first-order valence-corrected chi connectivity index (χ1v) is 10.7. The molecule has 4 rings (SSSR count). The highest BCUT2D eigenvalue weighted by Crippen LogP contribution is 2.37. The van der Waals surface area contributed by atoms with E-state index in [-0.39, 0.29) is 11.2 Å². The first kappa shape index (κ1) is 19.7. The third-order valence-corrected chi connectivity index (χ3v) is 6.16. The predicted molar refractivity (Wildman–Crippen MR) is 114 cm³/mol. The van der Waals surface area contributed by atoms with Gasteiger partial charge in [-0.3, -0.25) is 4.79 Å². The molecule has 3 aromatic rings. The molecule has 0 bridgehead atoms. The van der Waals surface area contributed by atoms with Gasteiger partial charge in [0, 0.05) is 25.2 Å². The molecule has 0 aliphatic carbocycles. The van der Waals surface area contributed by atoms with Gasteiger partial charge in [-0.2, -0.15) is 0 Å². The zero-order chi connectivity index (χ0) is 20.1. The average Bonchev–Trinajstić information content (AvgIpc) is 3.21. The SMILES string of the molecule is CCn1c(S[C@H](C(=O)N2CCOCC2)c2ccccc2)nnc1-c1ccccc1. The summed E-state index contributed by atoms with van der Waals surface area (Å²) in [6.07, 6.45) is 0. The van der Waals surface area contributed by atoms with Crippen LogP contribution < -0.4 is 0 Å². The van der Waals surface area contributed by atoms with Crippen LogP contribution in [-0.2, 0) is 16.1 Å². The second-order valence-electron chi connectivity index (χ2n) is 6.76. The van der Waals surface area contributed by atoms with Crippen molar-refractivity contribution in [3.05, 3.63) is 66.2 Å². The topological polar surface area (TPSA) is 60.2 Å². The fraction of sp³-hybridized carbons (Fsp3) is 0.318. The number of thioether (sulfide) groups is 1. The number of morpholine rings is 1. The molecule has 0 saturated carbocycles. The molecule has 7 heteroatoms. The van der Waals surface area contributed by atoms with E-state index in [1.54, 1.807) is 0 Å².